The van der Waals surface area contributed by atoms with E-state index in [0.29, 0.717) is 37.2 Å². The predicted octanol–water partition coefficient (Wildman–Crippen LogP) is 5.04. The molecule has 6 heteroatoms. The third kappa shape index (κ3) is 8.55. The van der Waals surface area contributed by atoms with Gasteiger partial charge in [0.25, 0.3) is 0 Å². The number of aliphatic hydroxyl groups excluding tert-OH is 2. The van der Waals surface area contributed by atoms with Crippen LogP contribution in [0.25, 0.3) is 0 Å². The van der Waals surface area contributed by atoms with Gasteiger partial charge in [-0.3, -0.25) is 0 Å². The van der Waals surface area contributed by atoms with Crippen molar-refractivity contribution in [1.82, 2.24) is 0 Å². The summed E-state index contributed by atoms with van der Waals surface area (Å²) in [4.78, 5) is 24.0. The lowest BCUT2D eigenvalue weighted by atomic mass is 9.72. The first-order valence-electron chi connectivity index (χ1n) is 11.6. The van der Waals surface area contributed by atoms with Crippen molar-refractivity contribution in [3.63, 3.8) is 0 Å². The molecule has 6 nitrogen and oxygen atoms in total. The summed E-state index contributed by atoms with van der Waals surface area (Å²) in [6, 6.07) is 3.19. The first kappa shape index (κ1) is 28.1. The first-order chi connectivity index (χ1) is 14.7. The van der Waals surface area contributed by atoms with Crippen LogP contribution in [0.4, 0.5) is 0 Å². The fourth-order valence-corrected chi connectivity index (χ4v) is 5.15. The van der Waals surface area contributed by atoms with Crippen LogP contribution in [-0.2, 0) is 12.8 Å². The van der Waals surface area contributed by atoms with Crippen LogP contribution < -0.4 is 0 Å². The second kappa shape index (κ2) is 11.8. The van der Waals surface area contributed by atoms with Gasteiger partial charge < -0.3 is 20.4 Å². The molecule has 2 atom stereocenters. The van der Waals surface area contributed by atoms with Crippen molar-refractivity contribution < 1.29 is 30.0 Å². The number of aromatic carboxylic acids is 2. The Morgan fingerprint density at radius 2 is 1.28 bits per heavy atom. The average Bonchev–Trinajstić information content (AvgIpc) is 2.61. The SMILES string of the molecule is CC(CCO)CC(C)(C)Cc1ccc(C(=O)O)c(C(=O)O)c1CC(C)(C)CC(C)CCO. The highest BCUT2D eigenvalue weighted by Gasteiger charge is 2.31. The highest BCUT2D eigenvalue weighted by Crippen LogP contribution is 2.38. The molecule has 0 aliphatic heterocycles. The van der Waals surface area contributed by atoms with Crippen LogP contribution in [0.3, 0.4) is 0 Å². The number of benzene rings is 1. The normalized spacial score (nSPS) is 14.2. The summed E-state index contributed by atoms with van der Waals surface area (Å²) in [6.07, 6.45) is 4.12. The molecule has 0 aliphatic carbocycles. The summed E-state index contributed by atoms with van der Waals surface area (Å²) in [7, 11) is 0. The van der Waals surface area contributed by atoms with E-state index in [1.54, 1.807) is 6.07 Å². The Kier molecular flexibility index (Phi) is 10.4. The number of aliphatic hydroxyl groups is 2. The molecule has 0 spiro atoms. The van der Waals surface area contributed by atoms with Gasteiger partial charge in [0.2, 0.25) is 0 Å². The number of hydrogen-bond donors (Lipinski definition) is 4. The van der Waals surface area contributed by atoms with Gasteiger partial charge in [-0.05, 0) is 78.4 Å². The minimum absolute atomic E-state index is 0.109. The van der Waals surface area contributed by atoms with E-state index in [9.17, 15) is 30.0 Å². The molecule has 0 fully saturated rings. The van der Waals surface area contributed by atoms with Gasteiger partial charge >= 0.3 is 11.9 Å². The van der Waals surface area contributed by atoms with Crippen molar-refractivity contribution in [2.45, 2.75) is 80.1 Å². The van der Waals surface area contributed by atoms with Crippen molar-refractivity contribution in [2.75, 3.05) is 13.2 Å². The minimum Gasteiger partial charge on any atom is -0.478 e. The Hall–Kier alpha value is -1.92. The van der Waals surface area contributed by atoms with Gasteiger partial charge in [0, 0.05) is 13.2 Å². The fourth-order valence-electron chi connectivity index (χ4n) is 5.15. The van der Waals surface area contributed by atoms with E-state index in [0.717, 1.165) is 18.4 Å². The minimum atomic E-state index is -1.24. The quantitative estimate of drug-likeness (QED) is 0.316. The highest BCUT2D eigenvalue weighted by molar-refractivity contribution is 6.03. The van der Waals surface area contributed by atoms with Gasteiger partial charge in [-0.25, -0.2) is 9.59 Å². The number of hydrogen-bond acceptors (Lipinski definition) is 4. The maximum absolute atomic E-state index is 12.2. The number of rotatable bonds is 14. The lowest BCUT2D eigenvalue weighted by Gasteiger charge is -2.33. The largest absolute Gasteiger partial charge is 0.478 e. The van der Waals surface area contributed by atoms with Gasteiger partial charge in [-0.1, -0.05) is 47.6 Å². The summed E-state index contributed by atoms with van der Waals surface area (Å²) in [5.74, 6) is -1.86. The summed E-state index contributed by atoms with van der Waals surface area (Å²) >= 11 is 0. The third-order valence-electron chi connectivity index (χ3n) is 6.22. The van der Waals surface area contributed by atoms with Crippen LogP contribution >= 0.6 is 0 Å². The maximum Gasteiger partial charge on any atom is 0.336 e. The van der Waals surface area contributed by atoms with Gasteiger partial charge in [-0.15, -0.1) is 0 Å². The zero-order chi connectivity index (χ0) is 24.7. The molecule has 1 aromatic carbocycles. The average molecular weight is 451 g/mol. The van der Waals surface area contributed by atoms with Crippen molar-refractivity contribution in [3.8, 4) is 0 Å². The summed E-state index contributed by atoms with van der Waals surface area (Å²) in [5.41, 5.74) is 0.772. The van der Waals surface area contributed by atoms with Crippen molar-refractivity contribution >= 4 is 11.9 Å². The van der Waals surface area contributed by atoms with Crippen LogP contribution in [0, 0.1) is 22.7 Å². The topological polar surface area (TPSA) is 115 Å². The molecule has 1 aromatic rings. The summed E-state index contributed by atoms with van der Waals surface area (Å²) in [6.45, 7) is 12.8. The van der Waals surface area contributed by atoms with Gasteiger partial charge in [0.1, 0.15) is 0 Å². The highest BCUT2D eigenvalue weighted by atomic mass is 16.4. The lowest BCUT2D eigenvalue weighted by molar-refractivity contribution is 0.0649. The van der Waals surface area contributed by atoms with E-state index >= 15 is 0 Å². The smallest absolute Gasteiger partial charge is 0.336 e. The molecular formula is C26H42O6. The zero-order valence-corrected chi connectivity index (χ0v) is 20.6. The Morgan fingerprint density at radius 3 is 1.69 bits per heavy atom. The van der Waals surface area contributed by atoms with Gasteiger partial charge in [0.15, 0.2) is 0 Å². The lowest BCUT2D eigenvalue weighted by Crippen LogP contribution is -2.26. The third-order valence-corrected chi connectivity index (χ3v) is 6.22. The molecule has 0 amide bonds. The van der Waals surface area contributed by atoms with E-state index in [1.165, 1.54) is 6.07 Å². The molecule has 0 saturated heterocycles. The number of carbonyl (C=O) groups is 2. The summed E-state index contributed by atoms with van der Waals surface area (Å²) in [5, 5.41) is 38.1. The van der Waals surface area contributed by atoms with E-state index in [2.05, 4.69) is 41.5 Å². The molecule has 182 valence electrons. The molecule has 0 bridgehead atoms. The van der Waals surface area contributed by atoms with Crippen LogP contribution in [0.1, 0.15) is 99.1 Å². The molecule has 32 heavy (non-hydrogen) atoms. The van der Waals surface area contributed by atoms with E-state index in [4.69, 9.17) is 0 Å². The van der Waals surface area contributed by atoms with E-state index in [-0.39, 0.29) is 41.1 Å². The van der Waals surface area contributed by atoms with Crippen LogP contribution in [0.5, 0.6) is 0 Å². The Balaban J connectivity index is 3.46. The summed E-state index contributed by atoms with van der Waals surface area (Å²) < 4.78 is 0. The zero-order valence-electron chi connectivity index (χ0n) is 20.6. The standard InChI is InChI=1S/C26H42O6/c1-17(9-11-27)13-25(3,4)15-19-7-8-20(23(29)30)22(24(31)32)21(19)16-26(5,6)14-18(2)10-12-28/h7-8,17-18,27-28H,9-16H2,1-6H3,(H,29,30)(H,31,32). The van der Waals surface area contributed by atoms with E-state index < -0.39 is 11.9 Å². The maximum atomic E-state index is 12.2. The molecule has 0 saturated carbocycles. The monoisotopic (exact) mass is 450 g/mol. The van der Waals surface area contributed by atoms with Crippen molar-refractivity contribution in [2.24, 2.45) is 22.7 Å². The van der Waals surface area contributed by atoms with Crippen LogP contribution in [0.15, 0.2) is 12.1 Å². The van der Waals surface area contributed by atoms with Crippen molar-refractivity contribution in [1.29, 1.82) is 0 Å². The molecular weight excluding hydrogens is 408 g/mol. The molecule has 4 N–H and O–H groups in total. The molecule has 0 heterocycles. The molecule has 2 unspecified atom stereocenters. The van der Waals surface area contributed by atoms with Crippen LogP contribution in [0.2, 0.25) is 0 Å². The predicted molar refractivity (Wildman–Crippen MR) is 126 cm³/mol. The second-order valence-corrected chi connectivity index (χ2v) is 11.1. The Morgan fingerprint density at radius 1 is 0.812 bits per heavy atom. The Labute approximate surface area is 192 Å². The van der Waals surface area contributed by atoms with Crippen LogP contribution in [-0.4, -0.2) is 45.6 Å². The molecule has 0 radical (unpaired) electrons. The van der Waals surface area contributed by atoms with Crippen molar-refractivity contribution in [3.05, 3.63) is 34.4 Å². The first-order valence-corrected chi connectivity index (χ1v) is 11.6. The van der Waals surface area contributed by atoms with Gasteiger partial charge in [-0.2, -0.15) is 0 Å². The van der Waals surface area contributed by atoms with E-state index in [1.807, 2.05) is 0 Å². The molecule has 0 aliphatic rings. The molecule has 1 rings (SSSR count). The molecule has 0 aromatic heterocycles. The number of carboxylic acids is 2. The fraction of sp³-hybridized carbons (Fsp3) is 0.692. The van der Waals surface area contributed by atoms with Gasteiger partial charge in [0.05, 0.1) is 11.1 Å². The second-order valence-electron chi connectivity index (χ2n) is 11.1. The Bertz CT molecular complexity index is 781. The number of carboxylic acid groups (broad SMARTS) is 2.